The molecule has 0 saturated carbocycles. The van der Waals surface area contributed by atoms with Crippen molar-refractivity contribution in [2.75, 3.05) is 26.2 Å². The molecular formula is C22H32FIN4S. The van der Waals surface area contributed by atoms with E-state index in [1.807, 2.05) is 12.1 Å². The Hall–Kier alpha value is -1.19. The molecule has 3 rings (SSSR count). The second-order valence-electron chi connectivity index (χ2n) is 7.50. The van der Waals surface area contributed by atoms with Crippen molar-refractivity contribution in [2.24, 2.45) is 4.99 Å². The molecule has 29 heavy (non-hydrogen) atoms. The van der Waals surface area contributed by atoms with E-state index < -0.39 is 0 Å². The average molecular weight is 530 g/mol. The van der Waals surface area contributed by atoms with Crippen LogP contribution in [0.2, 0.25) is 0 Å². The third-order valence-electron chi connectivity index (χ3n) is 5.23. The van der Waals surface area contributed by atoms with Crippen molar-refractivity contribution < 1.29 is 4.39 Å². The first-order valence-corrected chi connectivity index (χ1v) is 11.1. The molecule has 0 amide bonds. The first-order valence-electron chi connectivity index (χ1n) is 10.2. The van der Waals surface area contributed by atoms with Crippen LogP contribution in [0.5, 0.6) is 0 Å². The molecule has 7 heteroatoms. The van der Waals surface area contributed by atoms with E-state index in [4.69, 9.17) is 4.99 Å². The molecule has 1 aromatic carbocycles. The van der Waals surface area contributed by atoms with Crippen LogP contribution in [-0.2, 0) is 6.54 Å². The molecule has 0 bridgehead atoms. The van der Waals surface area contributed by atoms with Crippen molar-refractivity contribution in [2.45, 2.75) is 45.2 Å². The molecule has 160 valence electrons. The fourth-order valence-corrected chi connectivity index (χ4v) is 4.27. The maximum absolute atomic E-state index is 13.1. The average Bonchev–Trinajstić information content (AvgIpc) is 3.24. The van der Waals surface area contributed by atoms with Gasteiger partial charge >= 0.3 is 0 Å². The highest BCUT2D eigenvalue weighted by Gasteiger charge is 2.20. The van der Waals surface area contributed by atoms with Gasteiger partial charge in [0, 0.05) is 44.7 Å². The molecular weight excluding hydrogens is 498 g/mol. The number of rotatable bonds is 7. The van der Waals surface area contributed by atoms with Crippen LogP contribution in [0.1, 0.15) is 43.7 Å². The van der Waals surface area contributed by atoms with E-state index in [0.717, 1.165) is 51.5 Å². The van der Waals surface area contributed by atoms with Crippen LogP contribution in [0.3, 0.4) is 0 Å². The molecule has 2 N–H and O–H groups in total. The van der Waals surface area contributed by atoms with Gasteiger partial charge in [-0.1, -0.05) is 19.1 Å². The lowest BCUT2D eigenvalue weighted by Gasteiger charge is -2.33. The van der Waals surface area contributed by atoms with Crippen LogP contribution < -0.4 is 10.6 Å². The molecule has 1 aliphatic heterocycles. The van der Waals surface area contributed by atoms with E-state index in [1.165, 1.54) is 11.1 Å². The molecule has 0 radical (unpaired) electrons. The molecule has 1 aromatic heterocycles. The number of nitrogens with one attached hydrogen (secondary N) is 2. The maximum Gasteiger partial charge on any atom is 0.191 e. The van der Waals surface area contributed by atoms with Gasteiger partial charge in [-0.25, -0.2) is 4.39 Å². The minimum absolute atomic E-state index is 0. The van der Waals surface area contributed by atoms with E-state index in [9.17, 15) is 4.39 Å². The van der Waals surface area contributed by atoms with E-state index in [0.29, 0.717) is 12.0 Å². The van der Waals surface area contributed by atoms with Crippen LogP contribution in [0.4, 0.5) is 4.39 Å². The molecule has 2 heterocycles. The summed E-state index contributed by atoms with van der Waals surface area (Å²) in [7, 11) is 0. The van der Waals surface area contributed by atoms with Gasteiger partial charge in [-0.15, -0.1) is 24.0 Å². The van der Waals surface area contributed by atoms with Crippen molar-refractivity contribution in [1.82, 2.24) is 15.5 Å². The zero-order valence-corrected chi connectivity index (χ0v) is 20.4. The number of halogens is 2. The number of piperidine rings is 1. The number of aliphatic imine (C=N–C) groups is 1. The molecule has 1 fully saturated rings. The second-order valence-corrected chi connectivity index (χ2v) is 8.28. The van der Waals surface area contributed by atoms with Gasteiger partial charge in [0.2, 0.25) is 0 Å². The van der Waals surface area contributed by atoms with Gasteiger partial charge < -0.3 is 10.6 Å². The van der Waals surface area contributed by atoms with Crippen molar-refractivity contribution in [3.05, 3.63) is 58.0 Å². The van der Waals surface area contributed by atoms with Crippen LogP contribution in [0, 0.1) is 5.82 Å². The van der Waals surface area contributed by atoms with Crippen LogP contribution in [0.25, 0.3) is 0 Å². The quantitative estimate of drug-likeness (QED) is 0.306. The molecule has 4 nitrogen and oxygen atoms in total. The fraction of sp³-hybridized carbons (Fsp3) is 0.500. The van der Waals surface area contributed by atoms with E-state index >= 15 is 0 Å². The summed E-state index contributed by atoms with van der Waals surface area (Å²) >= 11 is 1.74. The summed E-state index contributed by atoms with van der Waals surface area (Å²) < 4.78 is 13.1. The number of nitrogens with zero attached hydrogens (tertiary/aromatic N) is 2. The monoisotopic (exact) mass is 530 g/mol. The Morgan fingerprint density at radius 3 is 2.59 bits per heavy atom. The molecule has 2 aromatic rings. The molecule has 1 atom stereocenters. The molecule has 1 unspecified atom stereocenters. The molecule has 0 aliphatic carbocycles. The van der Waals surface area contributed by atoms with Gasteiger partial charge in [0.15, 0.2) is 5.96 Å². The zero-order chi connectivity index (χ0) is 19.8. The Morgan fingerprint density at radius 2 is 1.97 bits per heavy atom. The Labute approximate surface area is 195 Å². The van der Waals surface area contributed by atoms with Gasteiger partial charge in [-0.2, -0.15) is 11.3 Å². The summed E-state index contributed by atoms with van der Waals surface area (Å²) in [5.41, 5.74) is 2.53. The normalized spacial score (nSPS) is 16.9. The summed E-state index contributed by atoms with van der Waals surface area (Å²) in [5, 5.41) is 11.3. The predicted octanol–water partition coefficient (Wildman–Crippen LogP) is 4.83. The van der Waals surface area contributed by atoms with Gasteiger partial charge in [0.1, 0.15) is 5.82 Å². The molecule has 1 saturated heterocycles. The second kappa shape index (κ2) is 12.5. The largest absolute Gasteiger partial charge is 0.357 e. The van der Waals surface area contributed by atoms with E-state index in [-0.39, 0.29) is 29.8 Å². The summed E-state index contributed by atoms with van der Waals surface area (Å²) in [6.45, 7) is 8.95. The Balaban J connectivity index is 0.00000300. The van der Waals surface area contributed by atoms with Gasteiger partial charge in [-0.05, 0) is 59.9 Å². The smallest absolute Gasteiger partial charge is 0.191 e. The number of thiophene rings is 1. The highest BCUT2D eigenvalue weighted by Crippen LogP contribution is 2.18. The number of likely N-dealkylation sites (tertiary alicyclic amines) is 1. The van der Waals surface area contributed by atoms with Gasteiger partial charge in [0.25, 0.3) is 0 Å². The first-order chi connectivity index (χ1) is 13.6. The molecule has 1 aliphatic rings. The highest BCUT2D eigenvalue weighted by atomic mass is 127. The number of benzene rings is 1. The fourth-order valence-electron chi connectivity index (χ4n) is 3.49. The Kier molecular flexibility index (Phi) is 10.4. The van der Waals surface area contributed by atoms with Crippen molar-refractivity contribution >= 4 is 41.3 Å². The SMILES string of the molecule is CCNC(=NCC(C)c1ccsc1)NC1CCN(Cc2ccc(F)cc2)CC1.I. The van der Waals surface area contributed by atoms with E-state index in [2.05, 4.69) is 46.2 Å². The minimum atomic E-state index is -0.171. The number of hydrogen-bond donors (Lipinski definition) is 2. The lowest BCUT2D eigenvalue weighted by molar-refractivity contribution is 0.198. The van der Waals surface area contributed by atoms with Crippen LogP contribution in [-0.4, -0.2) is 43.1 Å². The van der Waals surface area contributed by atoms with Crippen molar-refractivity contribution in [3.8, 4) is 0 Å². The van der Waals surface area contributed by atoms with Crippen molar-refractivity contribution in [3.63, 3.8) is 0 Å². The third kappa shape index (κ3) is 7.86. The van der Waals surface area contributed by atoms with E-state index in [1.54, 1.807) is 23.5 Å². The number of guanidine groups is 1. The zero-order valence-electron chi connectivity index (χ0n) is 17.2. The van der Waals surface area contributed by atoms with Crippen LogP contribution >= 0.6 is 35.3 Å². The lowest BCUT2D eigenvalue weighted by atomic mass is 10.0. The summed E-state index contributed by atoms with van der Waals surface area (Å²) in [6, 6.07) is 9.47. The molecule has 0 spiro atoms. The predicted molar refractivity (Wildman–Crippen MR) is 132 cm³/mol. The van der Waals surface area contributed by atoms with Gasteiger partial charge in [0.05, 0.1) is 0 Å². The Bertz CT molecular complexity index is 728. The standard InChI is InChI=1S/C22H31FN4S.HI/c1-3-24-22(25-14-17(2)19-10-13-28-16-19)26-21-8-11-27(12-9-21)15-18-4-6-20(23)7-5-18;/h4-7,10,13,16-17,21H,3,8-9,11-12,14-15H2,1-2H3,(H2,24,25,26);1H. The first kappa shape index (κ1) is 24.1. The topological polar surface area (TPSA) is 39.7 Å². The maximum atomic E-state index is 13.1. The van der Waals surface area contributed by atoms with Gasteiger partial charge in [-0.3, -0.25) is 9.89 Å². The number of hydrogen-bond acceptors (Lipinski definition) is 3. The Morgan fingerprint density at radius 1 is 1.24 bits per heavy atom. The van der Waals surface area contributed by atoms with Crippen molar-refractivity contribution in [1.29, 1.82) is 0 Å². The van der Waals surface area contributed by atoms with Crippen LogP contribution in [0.15, 0.2) is 46.1 Å². The summed E-state index contributed by atoms with van der Waals surface area (Å²) in [5.74, 6) is 1.18. The highest BCUT2D eigenvalue weighted by molar-refractivity contribution is 14.0. The third-order valence-corrected chi connectivity index (χ3v) is 5.93. The summed E-state index contributed by atoms with van der Waals surface area (Å²) in [4.78, 5) is 7.25. The minimum Gasteiger partial charge on any atom is -0.357 e. The summed E-state index contributed by atoms with van der Waals surface area (Å²) in [6.07, 6.45) is 2.18. The lowest BCUT2D eigenvalue weighted by Crippen LogP contribution is -2.48.